The number of aliphatic imine (C=N–C) groups is 1. The van der Waals surface area contributed by atoms with Crippen LogP contribution in [0.5, 0.6) is 0 Å². The summed E-state index contributed by atoms with van der Waals surface area (Å²) < 4.78 is 18.5. The molecule has 0 saturated carbocycles. The molecule has 3 rings (SSSR count). The fourth-order valence-electron chi connectivity index (χ4n) is 3.49. The second kappa shape index (κ2) is 11.1. The van der Waals surface area contributed by atoms with Crippen LogP contribution in [0.2, 0.25) is 0 Å². The fraction of sp³-hybridized carbons (Fsp3) is 0.450. The topological polar surface area (TPSA) is 96.8 Å². The molecule has 0 bridgehead atoms. The molecule has 1 aromatic heterocycles. The first-order valence-corrected chi connectivity index (χ1v) is 9.49. The number of hydrogen-bond acceptors (Lipinski definition) is 4. The third-order valence-electron chi connectivity index (χ3n) is 4.83. The van der Waals surface area contributed by atoms with Crippen LogP contribution < -0.4 is 11.1 Å². The lowest BCUT2D eigenvalue weighted by Crippen LogP contribution is -2.47. The van der Waals surface area contributed by atoms with Gasteiger partial charge in [-0.05, 0) is 43.0 Å². The van der Waals surface area contributed by atoms with Crippen molar-refractivity contribution >= 4 is 35.8 Å². The smallest absolute Gasteiger partial charge is 0.226 e. The van der Waals surface area contributed by atoms with Crippen LogP contribution in [0.3, 0.4) is 0 Å². The van der Waals surface area contributed by atoms with Gasteiger partial charge in [0.25, 0.3) is 0 Å². The van der Waals surface area contributed by atoms with E-state index in [0.717, 1.165) is 43.1 Å². The van der Waals surface area contributed by atoms with E-state index in [0.29, 0.717) is 25.3 Å². The number of benzene rings is 1. The maximum Gasteiger partial charge on any atom is 0.226 e. The molecule has 0 radical (unpaired) electrons. The second-order valence-electron chi connectivity index (χ2n) is 7.00. The van der Waals surface area contributed by atoms with Crippen LogP contribution in [0.1, 0.15) is 25.0 Å². The number of piperidine rings is 1. The Morgan fingerprint density at radius 1 is 1.41 bits per heavy atom. The number of halogens is 2. The van der Waals surface area contributed by atoms with Crippen LogP contribution in [0.15, 0.2) is 39.9 Å². The Labute approximate surface area is 187 Å². The summed E-state index contributed by atoms with van der Waals surface area (Å²) in [5.41, 5.74) is 6.89. The molecule has 0 spiro atoms. The predicted molar refractivity (Wildman–Crippen MR) is 120 cm³/mol. The van der Waals surface area contributed by atoms with E-state index in [4.69, 9.17) is 10.2 Å². The highest BCUT2D eigenvalue weighted by atomic mass is 127. The van der Waals surface area contributed by atoms with Crippen molar-refractivity contribution in [3.05, 3.63) is 42.0 Å². The molecular weight excluding hydrogens is 488 g/mol. The van der Waals surface area contributed by atoms with Gasteiger partial charge in [-0.3, -0.25) is 9.79 Å². The van der Waals surface area contributed by atoms with Crippen molar-refractivity contribution in [2.24, 2.45) is 16.6 Å². The van der Waals surface area contributed by atoms with Gasteiger partial charge in [0, 0.05) is 45.1 Å². The van der Waals surface area contributed by atoms with Gasteiger partial charge >= 0.3 is 0 Å². The molecule has 9 heteroatoms. The van der Waals surface area contributed by atoms with E-state index in [9.17, 15) is 9.18 Å². The number of likely N-dealkylation sites (tertiary alicyclic amines) is 1. The molecule has 1 saturated heterocycles. The van der Waals surface area contributed by atoms with Gasteiger partial charge in [0.05, 0.1) is 5.69 Å². The number of nitrogens with two attached hydrogens (primary N) is 1. The number of oxazole rings is 1. The van der Waals surface area contributed by atoms with Crippen molar-refractivity contribution in [1.29, 1.82) is 0 Å². The SMILES string of the molecule is CN=C(NCCc1coc(-c2ccc(F)cc2)n1)N1CCCC(CC(N)=O)C1.I. The third-order valence-corrected chi connectivity index (χ3v) is 4.83. The fourth-order valence-corrected chi connectivity index (χ4v) is 3.49. The lowest BCUT2D eigenvalue weighted by molar-refractivity contribution is -0.119. The van der Waals surface area contributed by atoms with Crippen LogP contribution in [0, 0.1) is 11.7 Å². The summed E-state index contributed by atoms with van der Waals surface area (Å²) in [4.78, 5) is 22.2. The Bertz CT molecular complexity index is 825. The first kappa shape index (κ1) is 23.1. The molecule has 1 atom stereocenters. The molecule has 7 nitrogen and oxygen atoms in total. The zero-order chi connectivity index (χ0) is 19.9. The number of nitrogens with one attached hydrogen (secondary N) is 1. The van der Waals surface area contributed by atoms with Crippen LogP contribution in [0.4, 0.5) is 4.39 Å². The number of rotatable bonds is 6. The minimum atomic E-state index is -0.290. The minimum Gasteiger partial charge on any atom is -0.444 e. The number of amides is 1. The molecule has 1 amide bonds. The molecule has 29 heavy (non-hydrogen) atoms. The Kier molecular flexibility index (Phi) is 8.87. The van der Waals surface area contributed by atoms with Crippen molar-refractivity contribution in [3.63, 3.8) is 0 Å². The number of carbonyl (C=O) groups excluding carboxylic acids is 1. The van der Waals surface area contributed by atoms with Gasteiger partial charge in [0.2, 0.25) is 11.8 Å². The number of primary amides is 1. The van der Waals surface area contributed by atoms with Crippen LogP contribution in [0.25, 0.3) is 11.5 Å². The van der Waals surface area contributed by atoms with Crippen molar-refractivity contribution in [2.45, 2.75) is 25.7 Å². The largest absolute Gasteiger partial charge is 0.444 e. The molecule has 3 N–H and O–H groups in total. The maximum absolute atomic E-state index is 13.0. The summed E-state index contributed by atoms with van der Waals surface area (Å²) in [6.45, 7) is 2.34. The summed E-state index contributed by atoms with van der Waals surface area (Å²) in [5.74, 6) is 1.03. The highest BCUT2D eigenvalue weighted by Crippen LogP contribution is 2.20. The molecule has 2 heterocycles. The highest BCUT2D eigenvalue weighted by Gasteiger charge is 2.23. The zero-order valence-corrected chi connectivity index (χ0v) is 18.8. The summed E-state index contributed by atoms with van der Waals surface area (Å²) >= 11 is 0. The second-order valence-corrected chi connectivity index (χ2v) is 7.00. The molecule has 1 fully saturated rings. The molecule has 1 unspecified atom stereocenters. The van der Waals surface area contributed by atoms with Gasteiger partial charge in [-0.25, -0.2) is 9.37 Å². The van der Waals surface area contributed by atoms with E-state index < -0.39 is 0 Å². The van der Waals surface area contributed by atoms with Gasteiger partial charge in [-0.1, -0.05) is 0 Å². The van der Waals surface area contributed by atoms with E-state index in [-0.39, 0.29) is 41.6 Å². The molecule has 2 aromatic rings. The van der Waals surface area contributed by atoms with Crippen LogP contribution in [-0.2, 0) is 11.2 Å². The summed E-state index contributed by atoms with van der Waals surface area (Å²) in [6.07, 6.45) is 4.73. The van der Waals surface area contributed by atoms with Gasteiger partial charge in [-0.15, -0.1) is 24.0 Å². The number of carbonyl (C=O) groups is 1. The quantitative estimate of drug-likeness (QED) is 0.351. The third kappa shape index (κ3) is 6.69. The van der Waals surface area contributed by atoms with E-state index >= 15 is 0 Å². The summed E-state index contributed by atoms with van der Waals surface area (Å²) in [7, 11) is 1.75. The van der Waals surface area contributed by atoms with Crippen molar-refractivity contribution in [2.75, 3.05) is 26.7 Å². The first-order chi connectivity index (χ1) is 13.5. The maximum atomic E-state index is 13.0. The standard InChI is InChI=1S/C20H26FN5O2.HI/c1-23-20(26-10-2-3-14(12-26)11-18(22)27)24-9-8-17-13-28-19(25-17)15-4-6-16(21)7-5-15;/h4-7,13-14H,2-3,8-12H2,1H3,(H2,22,27)(H,23,24);1H. The lowest BCUT2D eigenvalue weighted by atomic mass is 9.95. The Hall–Kier alpha value is -2.17. The predicted octanol–water partition coefficient (Wildman–Crippen LogP) is 2.80. The van der Waals surface area contributed by atoms with Crippen molar-refractivity contribution < 1.29 is 13.6 Å². The molecular formula is C20H27FIN5O2. The normalized spacial score (nSPS) is 17.0. The van der Waals surface area contributed by atoms with Crippen LogP contribution in [-0.4, -0.2) is 48.4 Å². The Balaban J connectivity index is 0.00000300. The van der Waals surface area contributed by atoms with E-state index in [1.807, 2.05) is 0 Å². The highest BCUT2D eigenvalue weighted by molar-refractivity contribution is 14.0. The van der Waals surface area contributed by atoms with E-state index in [1.54, 1.807) is 25.4 Å². The lowest BCUT2D eigenvalue weighted by Gasteiger charge is -2.34. The van der Waals surface area contributed by atoms with Crippen molar-refractivity contribution in [1.82, 2.24) is 15.2 Å². The molecule has 158 valence electrons. The number of guanidine groups is 1. The number of aromatic nitrogens is 1. The van der Waals surface area contributed by atoms with Gasteiger partial charge < -0.3 is 20.4 Å². The summed E-state index contributed by atoms with van der Waals surface area (Å²) in [5, 5.41) is 3.35. The van der Waals surface area contributed by atoms with Gasteiger partial charge in [-0.2, -0.15) is 0 Å². The molecule has 1 aliphatic heterocycles. The van der Waals surface area contributed by atoms with E-state index in [2.05, 4.69) is 20.2 Å². The molecule has 0 aliphatic carbocycles. The summed E-state index contributed by atoms with van der Waals surface area (Å²) in [6, 6.07) is 6.05. The molecule has 1 aromatic carbocycles. The first-order valence-electron chi connectivity index (χ1n) is 9.49. The number of nitrogens with zero attached hydrogens (tertiary/aromatic N) is 3. The number of hydrogen-bond donors (Lipinski definition) is 2. The Morgan fingerprint density at radius 2 is 2.17 bits per heavy atom. The molecule has 1 aliphatic rings. The monoisotopic (exact) mass is 515 g/mol. The zero-order valence-electron chi connectivity index (χ0n) is 16.4. The minimum absolute atomic E-state index is 0. The van der Waals surface area contributed by atoms with Gasteiger partial charge in [0.15, 0.2) is 5.96 Å². The average molecular weight is 515 g/mol. The van der Waals surface area contributed by atoms with Crippen molar-refractivity contribution in [3.8, 4) is 11.5 Å². The average Bonchev–Trinajstić information content (AvgIpc) is 3.14. The van der Waals surface area contributed by atoms with E-state index in [1.165, 1.54) is 12.1 Å². The van der Waals surface area contributed by atoms with Crippen LogP contribution >= 0.6 is 24.0 Å². The Morgan fingerprint density at radius 3 is 2.86 bits per heavy atom. The van der Waals surface area contributed by atoms with Gasteiger partial charge in [0.1, 0.15) is 12.1 Å².